The van der Waals surface area contributed by atoms with Gasteiger partial charge in [-0.05, 0) is 26.0 Å². The van der Waals surface area contributed by atoms with Crippen LogP contribution in [0.15, 0.2) is 12.1 Å². The Morgan fingerprint density at radius 2 is 1.92 bits per heavy atom. The molecule has 0 aliphatic carbocycles. The van der Waals surface area contributed by atoms with Gasteiger partial charge in [0, 0.05) is 0 Å². The van der Waals surface area contributed by atoms with E-state index in [4.69, 9.17) is 17.3 Å². The van der Waals surface area contributed by atoms with Crippen LogP contribution in [0, 0.1) is 0 Å². The first-order chi connectivity index (χ1) is 5.00. The molecule has 0 bridgehead atoms. The van der Waals surface area contributed by atoms with Crippen LogP contribution in [0.1, 0.15) is 19.5 Å². The lowest BCUT2D eigenvalue weighted by Gasteiger charge is -2.16. The van der Waals surface area contributed by atoms with Crippen LogP contribution in [0.25, 0.3) is 0 Å². The maximum absolute atomic E-state index is 5.76. The van der Waals surface area contributed by atoms with Crippen LogP contribution in [0.5, 0.6) is 0 Å². The highest BCUT2D eigenvalue weighted by Gasteiger charge is 2.15. The molecule has 0 fully saturated rings. The summed E-state index contributed by atoms with van der Waals surface area (Å²) in [5.41, 5.74) is 6.05. The fourth-order valence-electron chi connectivity index (χ4n) is 0.660. The van der Waals surface area contributed by atoms with Crippen molar-refractivity contribution in [3.8, 4) is 0 Å². The third-order valence-electron chi connectivity index (χ3n) is 1.29. The van der Waals surface area contributed by atoms with Gasteiger partial charge in [-0.25, -0.2) is 0 Å². The summed E-state index contributed by atoms with van der Waals surface area (Å²) in [7, 11) is 0. The molecule has 5 heteroatoms. The smallest absolute Gasteiger partial charge is 0.151 e. The number of hydrogen-bond acceptors (Lipinski definition) is 3. The molecule has 1 aromatic rings. The van der Waals surface area contributed by atoms with Gasteiger partial charge in [-0.15, -0.1) is 17.5 Å². The largest absolute Gasteiger partial charge is 0.321 e. The molecular weight excluding hydrogens is 197 g/mol. The first kappa shape index (κ1) is 11.6. The molecule has 0 saturated carbocycles. The average molecular weight is 208 g/mol. The predicted molar refractivity (Wildman–Crippen MR) is 51.5 cm³/mol. The Kier molecular flexibility index (Phi) is 3.90. The molecule has 1 heterocycles. The molecule has 0 radical (unpaired) electrons. The van der Waals surface area contributed by atoms with Crippen molar-refractivity contribution in [2.75, 3.05) is 0 Å². The maximum Gasteiger partial charge on any atom is 0.151 e. The summed E-state index contributed by atoms with van der Waals surface area (Å²) < 4.78 is 0. The van der Waals surface area contributed by atoms with E-state index in [0.717, 1.165) is 5.69 Å². The lowest BCUT2D eigenvalue weighted by Crippen LogP contribution is -2.30. The van der Waals surface area contributed by atoms with Gasteiger partial charge in [0.05, 0.1) is 11.2 Å². The summed E-state index contributed by atoms with van der Waals surface area (Å²) in [4.78, 5) is 0. The van der Waals surface area contributed by atoms with E-state index in [1.165, 1.54) is 0 Å². The Hall–Kier alpha value is -0.380. The van der Waals surface area contributed by atoms with E-state index < -0.39 is 5.54 Å². The molecule has 0 spiro atoms. The summed E-state index contributed by atoms with van der Waals surface area (Å²) in [6, 6.07) is 3.45. The number of halogens is 2. The van der Waals surface area contributed by atoms with Crippen molar-refractivity contribution in [3.05, 3.63) is 23.0 Å². The zero-order valence-electron chi connectivity index (χ0n) is 6.91. The molecule has 0 aliphatic rings. The summed E-state index contributed by atoms with van der Waals surface area (Å²) in [6.45, 7) is 3.73. The number of nitrogens with zero attached hydrogens (tertiary/aromatic N) is 2. The molecule has 2 N–H and O–H groups in total. The van der Waals surface area contributed by atoms with Gasteiger partial charge >= 0.3 is 0 Å². The van der Waals surface area contributed by atoms with Crippen LogP contribution < -0.4 is 5.73 Å². The van der Waals surface area contributed by atoms with Crippen LogP contribution in [0.3, 0.4) is 0 Å². The van der Waals surface area contributed by atoms with Gasteiger partial charge in [0.25, 0.3) is 0 Å². The molecule has 0 amide bonds. The molecule has 0 atom stereocenters. The number of hydrogen-bond donors (Lipinski definition) is 1. The molecular formula is C7H11Cl2N3. The predicted octanol–water partition coefficient (Wildman–Crippen LogP) is 1.75. The number of nitrogens with two attached hydrogens (primary N) is 1. The number of rotatable bonds is 1. The van der Waals surface area contributed by atoms with Crippen molar-refractivity contribution in [2.45, 2.75) is 19.4 Å². The van der Waals surface area contributed by atoms with Crippen LogP contribution >= 0.6 is 24.0 Å². The van der Waals surface area contributed by atoms with Crippen molar-refractivity contribution in [3.63, 3.8) is 0 Å². The number of aromatic nitrogens is 2. The Labute approximate surface area is 82.7 Å². The van der Waals surface area contributed by atoms with E-state index in [0.29, 0.717) is 5.15 Å². The quantitative estimate of drug-likeness (QED) is 0.764. The van der Waals surface area contributed by atoms with Crippen LogP contribution in [-0.4, -0.2) is 10.2 Å². The molecule has 0 saturated heterocycles. The molecule has 0 unspecified atom stereocenters. The first-order valence-electron chi connectivity index (χ1n) is 3.29. The third kappa shape index (κ3) is 2.93. The van der Waals surface area contributed by atoms with E-state index in [-0.39, 0.29) is 12.4 Å². The van der Waals surface area contributed by atoms with Gasteiger partial charge in [0.15, 0.2) is 5.15 Å². The topological polar surface area (TPSA) is 51.8 Å². The van der Waals surface area contributed by atoms with E-state index >= 15 is 0 Å². The van der Waals surface area contributed by atoms with Crippen molar-refractivity contribution < 1.29 is 0 Å². The van der Waals surface area contributed by atoms with Gasteiger partial charge in [-0.3, -0.25) is 0 Å². The molecule has 0 aromatic carbocycles. The highest BCUT2D eigenvalue weighted by atomic mass is 35.5. The van der Waals surface area contributed by atoms with E-state index in [2.05, 4.69) is 10.2 Å². The second-order valence-corrected chi connectivity index (χ2v) is 3.35. The van der Waals surface area contributed by atoms with Gasteiger partial charge in [-0.1, -0.05) is 11.6 Å². The van der Waals surface area contributed by atoms with Gasteiger partial charge in [0.1, 0.15) is 0 Å². The second kappa shape index (κ2) is 4.03. The molecule has 12 heavy (non-hydrogen) atoms. The second-order valence-electron chi connectivity index (χ2n) is 2.96. The molecule has 0 aliphatic heterocycles. The van der Waals surface area contributed by atoms with Crippen LogP contribution in [-0.2, 0) is 5.54 Å². The summed E-state index contributed by atoms with van der Waals surface area (Å²) in [5.74, 6) is 0. The average Bonchev–Trinajstić information content (AvgIpc) is 1.86. The van der Waals surface area contributed by atoms with Crippen molar-refractivity contribution in [2.24, 2.45) is 5.73 Å². The standard InChI is InChI=1S/C7H10ClN3.ClH/c1-7(2,9)5-3-4-6(8)11-10-5;/h3-4H,9H2,1-2H3;1H. The highest BCUT2D eigenvalue weighted by Crippen LogP contribution is 2.13. The van der Waals surface area contributed by atoms with Crippen molar-refractivity contribution in [1.82, 2.24) is 10.2 Å². The fraction of sp³-hybridized carbons (Fsp3) is 0.429. The molecule has 1 rings (SSSR count). The van der Waals surface area contributed by atoms with Crippen LogP contribution in [0.2, 0.25) is 5.15 Å². The monoisotopic (exact) mass is 207 g/mol. The normalized spacial score (nSPS) is 10.7. The summed E-state index contributed by atoms with van der Waals surface area (Å²) in [5, 5.41) is 7.91. The lowest BCUT2D eigenvalue weighted by molar-refractivity contribution is 0.526. The zero-order valence-corrected chi connectivity index (χ0v) is 8.49. The van der Waals surface area contributed by atoms with Gasteiger partial charge < -0.3 is 5.73 Å². The van der Waals surface area contributed by atoms with Gasteiger partial charge in [-0.2, -0.15) is 5.10 Å². The minimum atomic E-state index is -0.447. The minimum Gasteiger partial charge on any atom is -0.321 e. The molecule has 68 valence electrons. The molecule has 1 aromatic heterocycles. The Balaban J connectivity index is 0.00000121. The summed E-state index contributed by atoms with van der Waals surface area (Å²) >= 11 is 5.55. The first-order valence-corrected chi connectivity index (χ1v) is 3.66. The Bertz CT molecular complexity index is 240. The van der Waals surface area contributed by atoms with Crippen molar-refractivity contribution in [1.29, 1.82) is 0 Å². The summed E-state index contributed by atoms with van der Waals surface area (Å²) in [6.07, 6.45) is 0. The Morgan fingerprint density at radius 3 is 2.25 bits per heavy atom. The van der Waals surface area contributed by atoms with E-state index in [1.54, 1.807) is 12.1 Å². The fourth-order valence-corrected chi connectivity index (χ4v) is 0.760. The van der Waals surface area contributed by atoms with E-state index in [1.807, 2.05) is 13.8 Å². The molecule has 3 nitrogen and oxygen atoms in total. The third-order valence-corrected chi connectivity index (χ3v) is 1.49. The Morgan fingerprint density at radius 1 is 1.33 bits per heavy atom. The minimum absolute atomic E-state index is 0. The zero-order chi connectivity index (χ0) is 8.48. The highest BCUT2D eigenvalue weighted by molar-refractivity contribution is 6.29. The lowest BCUT2D eigenvalue weighted by atomic mass is 10.0. The van der Waals surface area contributed by atoms with Gasteiger partial charge in [0.2, 0.25) is 0 Å². The van der Waals surface area contributed by atoms with Crippen LogP contribution in [0.4, 0.5) is 0 Å². The van der Waals surface area contributed by atoms with E-state index in [9.17, 15) is 0 Å². The SMILES string of the molecule is CC(C)(N)c1ccc(Cl)nn1.Cl. The van der Waals surface area contributed by atoms with Crippen molar-refractivity contribution >= 4 is 24.0 Å². The maximum atomic E-state index is 5.76.